The summed E-state index contributed by atoms with van der Waals surface area (Å²) in [6, 6.07) is 12.2. The molecule has 0 saturated heterocycles. The fourth-order valence-electron chi connectivity index (χ4n) is 2.40. The maximum atomic E-state index is 12.4. The number of esters is 1. The number of amides is 1. The van der Waals surface area contributed by atoms with E-state index in [1.165, 1.54) is 6.92 Å². The van der Waals surface area contributed by atoms with Crippen LogP contribution in [0.4, 0.5) is 5.69 Å². The van der Waals surface area contributed by atoms with Crippen molar-refractivity contribution in [2.24, 2.45) is 0 Å². The second-order valence-corrected chi connectivity index (χ2v) is 6.35. The minimum Gasteiger partial charge on any atom is -0.490 e. The number of ether oxygens (including phenoxy) is 3. The van der Waals surface area contributed by atoms with Crippen LogP contribution in [0.25, 0.3) is 0 Å². The lowest BCUT2D eigenvalue weighted by atomic mass is 10.2. The van der Waals surface area contributed by atoms with Crippen molar-refractivity contribution in [3.8, 4) is 11.5 Å². The molecule has 1 amide bonds. The molecular formula is C22H27NO5. The molecular weight excluding hydrogens is 358 g/mol. The van der Waals surface area contributed by atoms with Gasteiger partial charge in [0.2, 0.25) is 0 Å². The molecule has 0 unspecified atom stereocenters. The van der Waals surface area contributed by atoms with Crippen molar-refractivity contribution < 1.29 is 23.8 Å². The Morgan fingerprint density at radius 3 is 2.36 bits per heavy atom. The SMILES string of the molecule is CCCOc1ccc(C(=O)O[C@H](C)C(=O)Nc2ccc(C)cc2)cc1OCC. The minimum atomic E-state index is -0.944. The highest BCUT2D eigenvalue weighted by molar-refractivity contribution is 5.97. The smallest absolute Gasteiger partial charge is 0.339 e. The van der Waals surface area contributed by atoms with Gasteiger partial charge < -0.3 is 19.5 Å². The second kappa shape index (κ2) is 10.3. The Balaban J connectivity index is 2.02. The molecule has 0 aliphatic heterocycles. The van der Waals surface area contributed by atoms with E-state index in [1.807, 2.05) is 32.9 Å². The summed E-state index contributed by atoms with van der Waals surface area (Å²) < 4.78 is 16.5. The van der Waals surface area contributed by atoms with Crippen molar-refractivity contribution in [1.82, 2.24) is 0 Å². The molecule has 2 rings (SSSR count). The highest BCUT2D eigenvalue weighted by atomic mass is 16.5. The number of anilines is 1. The third-order valence-corrected chi connectivity index (χ3v) is 3.91. The van der Waals surface area contributed by atoms with E-state index in [9.17, 15) is 9.59 Å². The number of rotatable bonds is 9. The molecule has 6 nitrogen and oxygen atoms in total. The first-order valence-corrected chi connectivity index (χ1v) is 9.42. The van der Waals surface area contributed by atoms with Gasteiger partial charge in [0.05, 0.1) is 18.8 Å². The molecule has 150 valence electrons. The van der Waals surface area contributed by atoms with Crippen LogP contribution in [0.1, 0.15) is 43.1 Å². The third kappa shape index (κ3) is 6.01. The van der Waals surface area contributed by atoms with Gasteiger partial charge in [-0.1, -0.05) is 24.6 Å². The van der Waals surface area contributed by atoms with Gasteiger partial charge in [0.15, 0.2) is 17.6 Å². The largest absolute Gasteiger partial charge is 0.490 e. The predicted molar refractivity (Wildman–Crippen MR) is 108 cm³/mol. The Labute approximate surface area is 165 Å². The summed E-state index contributed by atoms with van der Waals surface area (Å²) in [4.78, 5) is 24.7. The van der Waals surface area contributed by atoms with Crippen molar-refractivity contribution in [3.63, 3.8) is 0 Å². The van der Waals surface area contributed by atoms with Crippen LogP contribution in [-0.2, 0) is 9.53 Å². The zero-order valence-electron chi connectivity index (χ0n) is 16.8. The molecule has 6 heteroatoms. The first-order chi connectivity index (χ1) is 13.4. The molecule has 1 N–H and O–H groups in total. The summed E-state index contributed by atoms with van der Waals surface area (Å²) in [5, 5.41) is 2.73. The molecule has 0 heterocycles. The summed E-state index contributed by atoms with van der Waals surface area (Å²) in [6.45, 7) is 8.35. The van der Waals surface area contributed by atoms with Gasteiger partial charge >= 0.3 is 5.97 Å². The van der Waals surface area contributed by atoms with E-state index < -0.39 is 18.0 Å². The van der Waals surface area contributed by atoms with Crippen molar-refractivity contribution in [3.05, 3.63) is 53.6 Å². The quantitative estimate of drug-likeness (QED) is 0.649. The average Bonchev–Trinajstić information content (AvgIpc) is 2.68. The van der Waals surface area contributed by atoms with Crippen molar-refractivity contribution in [2.75, 3.05) is 18.5 Å². The zero-order valence-corrected chi connectivity index (χ0v) is 16.8. The van der Waals surface area contributed by atoms with Crippen molar-refractivity contribution in [2.45, 2.75) is 40.2 Å². The molecule has 2 aromatic carbocycles. The molecule has 0 aliphatic rings. The summed E-state index contributed by atoms with van der Waals surface area (Å²) in [7, 11) is 0. The van der Waals surface area contributed by atoms with Crippen LogP contribution < -0.4 is 14.8 Å². The number of carbonyl (C=O) groups is 2. The number of benzene rings is 2. The third-order valence-electron chi connectivity index (χ3n) is 3.91. The summed E-state index contributed by atoms with van der Waals surface area (Å²) >= 11 is 0. The van der Waals surface area contributed by atoms with Crippen LogP contribution in [0.5, 0.6) is 11.5 Å². The molecule has 2 aromatic rings. The van der Waals surface area contributed by atoms with E-state index in [2.05, 4.69) is 5.32 Å². The van der Waals surface area contributed by atoms with E-state index >= 15 is 0 Å². The van der Waals surface area contributed by atoms with Gasteiger partial charge in [-0.25, -0.2) is 4.79 Å². The Hall–Kier alpha value is -3.02. The van der Waals surface area contributed by atoms with Gasteiger partial charge in [-0.3, -0.25) is 4.79 Å². The van der Waals surface area contributed by atoms with Gasteiger partial charge in [0, 0.05) is 5.69 Å². The molecule has 1 atom stereocenters. The minimum absolute atomic E-state index is 0.294. The second-order valence-electron chi connectivity index (χ2n) is 6.35. The fraction of sp³-hybridized carbons (Fsp3) is 0.364. The first kappa shape index (κ1) is 21.3. The maximum absolute atomic E-state index is 12.4. The van der Waals surface area contributed by atoms with E-state index in [0.717, 1.165) is 12.0 Å². The predicted octanol–water partition coefficient (Wildman–Crippen LogP) is 4.37. The summed E-state index contributed by atoms with van der Waals surface area (Å²) in [5.74, 6) is 0.0484. The lowest BCUT2D eigenvalue weighted by Crippen LogP contribution is -2.30. The zero-order chi connectivity index (χ0) is 20.5. The Morgan fingerprint density at radius 2 is 1.71 bits per heavy atom. The van der Waals surface area contributed by atoms with Crippen molar-refractivity contribution in [1.29, 1.82) is 0 Å². The summed E-state index contributed by atoms with van der Waals surface area (Å²) in [6.07, 6.45) is -0.0801. The Bertz CT molecular complexity index is 801. The van der Waals surface area contributed by atoms with Gasteiger partial charge in [-0.05, 0) is 57.5 Å². The number of nitrogens with one attached hydrogen (secondary N) is 1. The van der Waals surface area contributed by atoms with Gasteiger partial charge in [-0.2, -0.15) is 0 Å². The highest BCUT2D eigenvalue weighted by Gasteiger charge is 2.20. The van der Waals surface area contributed by atoms with Crippen LogP contribution in [-0.4, -0.2) is 31.2 Å². The molecule has 28 heavy (non-hydrogen) atoms. The number of aryl methyl sites for hydroxylation is 1. The van der Waals surface area contributed by atoms with Gasteiger partial charge in [-0.15, -0.1) is 0 Å². The molecule has 0 spiro atoms. The molecule has 0 saturated carbocycles. The molecule has 0 fully saturated rings. The number of hydrogen-bond donors (Lipinski definition) is 1. The van der Waals surface area contributed by atoms with E-state index in [1.54, 1.807) is 30.3 Å². The molecule has 0 bridgehead atoms. The topological polar surface area (TPSA) is 73.9 Å². The van der Waals surface area contributed by atoms with E-state index in [0.29, 0.717) is 36.0 Å². The molecule has 0 aromatic heterocycles. The van der Waals surface area contributed by atoms with Gasteiger partial charge in [0.25, 0.3) is 5.91 Å². The van der Waals surface area contributed by atoms with Crippen LogP contribution in [0.2, 0.25) is 0 Å². The normalized spacial score (nSPS) is 11.4. The Morgan fingerprint density at radius 1 is 1.00 bits per heavy atom. The van der Waals surface area contributed by atoms with Crippen LogP contribution in [0.15, 0.2) is 42.5 Å². The first-order valence-electron chi connectivity index (χ1n) is 9.42. The van der Waals surface area contributed by atoms with Gasteiger partial charge in [0.1, 0.15) is 0 Å². The van der Waals surface area contributed by atoms with Crippen molar-refractivity contribution >= 4 is 17.6 Å². The lowest BCUT2D eigenvalue weighted by molar-refractivity contribution is -0.123. The standard InChI is InChI=1S/C22H27NO5/c1-5-13-27-19-12-9-17(14-20(19)26-6-2)22(25)28-16(4)21(24)23-18-10-7-15(3)8-11-18/h7-12,14,16H,5-6,13H2,1-4H3,(H,23,24)/t16-/m1/s1. The van der Waals surface area contributed by atoms with Crippen LogP contribution in [0, 0.1) is 6.92 Å². The Kier molecular flexibility index (Phi) is 7.87. The van der Waals surface area contributed by atoms with E-state index in [-0.39, 0.29) is 0 Å². The average molecular weight is 385 g/mol. The fourth-order valence-corrected chi connectivity index (χ4v) is 2.40. The number of hydrogen-bond acceptors (Lipinski definition) is 5. The lowest BCUT2D eigenvalue weighted by Gasteiger charge is -2.15. The maximum Gasteiger partial charge on any atom is 0.339 e. The molecule has 0 aliphatic carbocycles. The summed E-state index contributed by atoms with van der Waals surface area (Å²) in [5.41, 5.74) is 2.03. The molecule has 0 radical (unpaired) electrons. The van der Waals surface area contributed by atoms with Crippen LogP contribution >= 0.6 is 0 Å². The van der Waals surface area contributed by atoms with E-state index in [4.69, 9.17) is 14.2 Å². The monoisotopic (exact) mass is 385 g/mol. The number of carbonyl (C=O) groups excluding carboxylic acids is 2. The highest BCUT2D eigenvalue weighted by Crippen LogP contribution is 2.29. The van der Waals surface area contributed by atoms with Crippen LogP contribution in [0.3, 0.4) is 0 Å².